The van der Waals surface area contributed by atoms with E-state index in [1.54, 1.807) is 0 Å². The molecule has 0 bridgehead atoms. The van der Waals surface area contributed by atoms with E-state index in [1.807, 2.05) is 24.3 Å². The van der Waals surface area contributed by atoms with Crippen molar-refractivity contribution >= 4 is 22.9 Å². The van der Waals surface area contributed by atoms with Crippen LogP contribution in [0, 0.1) is 5.92 Å². The molecule has 23 heavy (non-hydrogen) atoms. The zero-order valence-electron chi connectivity index (χ0n) is 13.0. The maximum Gasteiger partial charge on any atom is 0.230 e. The Bertz CT molecular complexity index is 853. The summed E-state index contributed by atoms with van der Waals surface area (Å²) in [5.74, 6) is 0.981. The Kier molecular flexibility index (Phi) is 3.37. The molecule has 1 heterocycles. The fourth-order valence-electron chi connectivity index (χ4n) is 3.09. The zero-order valence-corrected chi connectivity index (χ0v) is 13.0. The third kappa shape index (κ3) is 2.72. The fourth-order valence-corrected chi connectivity index (χ4v) is 3.09. The van der Waals surface area contributed by atoms with Gasteiger partial charge in [-0.05, 0) is 42.0 Å². The van der Waals surface area contributed by atoms with E-state index in [2.05, 4.69) is 46.5 Å². The average Bonchev–Trinajstić information content (AvgIpc) is 3.29. The second kappa shape index (κ2) is 5.54. The van der Waals surface area contributed by atoms with Crippen molar-refractivity contribution in [2.45, 2.75) is 25.7 Å². The first-order chi connectivity index (χ1) is 11.2. The summed E-state index contributed by atoms with van der Waals surface area (Å²) in [5, 5.41) is 2.92. The van der Waals surface area contributed by atoms with Crippen LogP contribution in [0.15, 0.2) is 48.5 Å². The van der Waals surface area contributed by atoms with Crippen LogP contribution in [-0.2, 0) is 11.2 Å². The lowest BCUT2D eigenvalue weighted by molar-refractivity contribution is -0.117. The summed E-state index contributed by atoms with van der Waals surface area (Å²) in [4.78, 5) is 20.0. The van der Waals surface area contributed by atoms with Crippen molar-refractivity contribution in [3.8, 4) is 0 Å². The molecular weight excluding hydrogens is 286 g/mol. The first kappa shape index (κ1) is 14.0. The molecule has 2 N–H and O–H groups in total. The van der Waals surface area contributed by atoms with Crippen molar-refractivity contribution in [3.05, 3.63) is 59.7 Å². The number of rotatable bonds is 4. The van der Waals surface area contributed by atoms with E-state index < -0.39 is 0 Å². The number of nitrogens with one attached hydrogen (secondary N) is 2. The van der Waals surface area contributed by atoms with Crippen molar-refractivity contribution in [3.63, 3.8) is 0 Å². The molecule has 1 aliphatic rings. The number of fused-ring (bicyclic) bond motifs is 1. The molecule has 2 aromatic carbocycles. The number of amides is 1. The number of carbonyl (C=O) groups is 1. The topological polar surface area (TPSA) is 57.8 Å². The summed E-state index contributed by atoms with van der Waals surface area (Å²) < 4.78 is 0. The Hall–Kier alpha value is -2.62. The second-order valence-corrected chi connectivity index (χ2v) is 6.14. The van der Waals surface area contributed by atoms with Crippen LogP contribution >= 0.6 is 0 Å². The molecule has 0 radical (unpaired) electrons. The van der Waals surface area contributed by atoms with E-state index in [9.17, 15) is 4.79 Å². The summed E-state index contributed by atoms with van der Waals surface area (Å²) in [6.07, 6.45) is 1.89. The predicted molar refractivity (Wildman–Crippen MR) is 91.4 cm³/mol. The molecule has 3 aromatic rings. The maximum atomic E-state index is 12.4. The van der Waals surface area contributed by atoms with E-state index in [-0.39, 0.29) is 11.8 Å². The largest absolute Gasteiger partial charge is 0.324 e. The highest BCUT2D eigenvalue weighted by Crippen LogP contribution is 2.47. The number of anilines is 1. The van der Waals surface area contributed by atoms with Gasteiger partial charge in [0.15, 0.2) is 0 Å². The van der Waals surface area contributed by atoms with Crippen LogP contribution in [0.5, 0.6) is 0 Å². The van der Waals surface area contributed by atoms with E-state index in [0.717, 1.165) is 23.9 Å². The van der Waals surface area contributed by atoms with Crippen LogP contribution in [0.1, 0.15) is 30.4 Å². The number of nitrogens with zero attached hydrogens (tertiary/aromatic N) is 1. The number of hydrogen-bond donors (Lipinski definition) is 2. The molecule has 1 aromatic heterocycles. The van der Waals surface area contributed by atoms with Gasteiger partial charge in [-0.25, -0.2) is 4.98 Å². The SMILES string of the molecule is CCc1ccc2[nH]c(NC(=O)C3CC3c3ccccc3)nc2c1. The lowest BCUT2D eigenvalue weighted by Crippen LogP contribution is -2.15. The van der Waals surface area contributed by atoms with E-state index in [1.165, 1.54) is 11.1 Å². The molecule has 2 unspecified atom stereocenters. The van der Waals surface area contributed by atoms with Crippen LogP contribution in [0.2, 0.25) is 0 Å². The van der Waals surface area contributed by atoms with Gasteiger partial charge in [0.25, 0.3) is 0 Å². The van der Waals surface area contributed by atoms with Gasteiger partial charge in [0.2, 0.25) is 11.9 Å². The van der Waals surface area contributed by atoms with E-state index >= 15 is 0 Å². The van der Waals surface area contributed by atoms with Gasteiger partial charge in [0, 0.05) is 5.92 Å². The highest BCUT2D eigenvalue weighted by Gasteiger charge is 2.44. The minimum absolute atomic E-state index is 0.0497. The predicted octanol–water partition coefficient (Wildman–Crippen LogP) is 3.87. The lowest BCUT2D eigenvalue weighted by atomic mass is 10.1. The van der Waals surface area contributed by atoms with Crippen molar-refractivity contribution < 1.29 is 4.79 Å². The fraction of sp³-hybridized carbons (Fsp3) is 0.263. The minimum atomic E-state index is 0.0497. The highest BCUT2D eigenvalue weighted by molar-refractivity contribution is 5.95. The first-order valence-electron chi connectivity index (χ1n) is 8.09. The molecule has 1 amide bonds. The Balaban J connectivity index is 1.47. The number of aromatic amines is 1. The third-order valence-electron chi connectivity index (χ3n) is 4.55. The molecule has 1 saturated carbocycles. The standard InChI is InChI=1S/C19H19N3O/c1-2-12-8-9-16-17(10-12)21-19(20-16)22-18(23)15-11-14(15)13-6-4-3-5-7-13/h3-10,14-15H,2,11H2,1H3,(H2,20,21,22,23). The molecule has 1 aliphatic carbocycles. The van der Waals surface area contributed by atoms with Gasteiger partial charge < -0.3 is 4.98 Å². The molecule has 4 rings (SSSR count). The Morgan fingerprint density at radius 1 is 1.26 bits per heavy atom. The quantitative estimate of drug-likeness (QED) is 0.769. The highest BCUT2D eigenvalue weighted by atomic mass is 16.2. The molecule has 0 saturated heterocycles. The molecule has 1 fully saturated rings. The smallest absolute Gasteiger partial charge is 0.230 e. The minimum Gasteiger partial charge on any atom is -0.324 e. The summed E-state index contributed by atoms with van der Waals surface area (Å²) in [6.45, 7) is 2.12. The molecule has 2 atom stereocenters. The van der Waals surface area contributed by atoms with E-state index in [0.29, 0.717) is 11.9 Å². The Labute approximate surface area is 134 Å². The van der Waals surface area contributed by atoms with Gasteiger partial charge in [-0.2, -0.15) is 0 Å². The Morgan fingerprint density at radius 3 is 2.87 bits per heavy atom. The summed E-state index contributed by atoms with van der Waals surface area (Å²) in [7, 11) is 0. The van der Waals surface area contributed by atoms with Gasteiger partial charge in [0.1, 0.15) is 0 Å². The van der Waals surface area contributed by atoms with Gasteiger partial charge in [-0.1, -0.05) is 43.3 Å². The Morgan fingerprint density at radius 2 is 2.09 bits per heavy atom. The summed E-state index contributed by atoms with van der Waals surface area (Å²) in [6, 6.07) is 16.4. The molecule has 0 aliphatic heterocycles. The van der Waals surface area contributed by atoms with Gasteiger partial charge in [-0.15, -0.1) is 0 Å². The molecule has 116 valence electrons. The third-order valence-corrected chi connectivity index (χ3v) is 4.55. The van der Waals surface area contributed by atoms with Crippen LogP contribution in [-0.4, -0.2) is 15.9 Å². The lowest BCUT2D eigenvalue weighted by Gasteiger charge is -2.01. The van der Waals surface area contributed by atoms with Crippen molar-refractivity contribution in [2.24, 2.45) is 5.92 Å². The van der Waals surface area contributed by atoms with Crippen molar-refractivity contribution in [1.82, 2.24) is 9.97 Å². The van der Waals surface area contributed by atoms with E-state index in [4.69, 9.17) is 0 Å². The molecular formula is C19H19N3O. The van der Waals surface area contributed by atoms with Crippen LogP contribution < -0.4 is 5.32 Å². The number of hydrogen-bond acceptors (Lipinski definition) is 2. The number of aryl methyl sites for hydroxylation is 1. The van der Waals surface area contributed by atoms with Crippen LogP contribution in [0.3, 0.4) is 0 Å². The monoisotopic (exact) mass is 305 g/mol. The normalized spacial score (nSPS) is 19.7. The number of imidazole rings is 1. The van der Waals surface area contributed by atoms with Crippen LogP contribution in [0.4, 0.5) is 5.95 Å². The van der Waals surface area contributed by atoms with Gasteiger partial charge in [0.05, 0.1) is 11.0 Å². The maximum absolute atomic E-state index is 12.4. The van der Waals surface area contributed by atoms with Crippen molar-refractivity contribution in [1.29, 1.82) is 0 Å². The average molecular weight is 305 g/mol. The zero-order chi connectivity index (χ0) is 15.8. The molecule has 4 heteroatoms. The van der Waals surface area contributed by atoms with Crippen LogP contribution in [0.25, 0.3) is 11.0 Å². The number of H-pyrrole nitrogens is 1. The summed E-state index contributed by atoms with van der Waals surface area (Å²) in [5.41, 5.74) is 4.33. The number of aromatic nitrogens is 2. The number of benzene rings is 2. The van der Waals surface area contributed by atoms with Gasteiger partial charge >= 0.3 is 0 Å². The first-order valence-corrected chi connectivity index (χ1v) is 8.09. The summed E-state index contributed by atoms with van der Waals surface area (Å²) >= 11 is 0. The molecule has 0 spiro atoms. The second-order valence-electron chi connectivity index (χ2n) is 6.14. The van der Waals surface area contributed by atoms with Gasteiger partial charge in [-0.3, -0.25) is 10.1 Å². The van der Waals surface area contributed by atoms with Crippen molar-refractivity contribution in [2.75, 3.05) is 5.32 Å². The molecule has 4 nitrogen and oxygen atoms in total. The number of carbonyl (C=O) groups excluding carboxylic acids is 1.